The van der Waals surface area contributed by atoms with Crippen LogP contribution in [0.3, 0.4) is 0 Å². The van der Waals surface area contributed by atoms with Gasteiger partial charge in [0.1, 0.15) is 0 Å². The van der Waals surface area contributed by atoms with E-state index >= 15 is 0 Å². The Morgan fingerprint density at radius 3 is 2.56 bits per heavy atom. The molecule has 96 valence electrons. The molecule has 0 radical (unpaired) electrons. The number of rotatable bonds is 5. The quantitative estimate of drug-likeness (QED) is 0.774. The molecular formula is C14H18ClN3. The third-order valence-corrected chi connectivity index (χ3v) is 3.30. The Morgan fingerprint density at radius 2 is 2.00 bits per heavy atom. The zero-order valence-electron chi connectivity index (χ0n) is 10.8. The van der Waals surface area contributed by atoms with Crippen molar-refractivity contribution in [2.45, 2.75) is 6.04 Å². The van der Waals surface area contributed by atoms with E-state index in [9.17, 15) is 0 Å². The van der Waals surface area contributed by atoms with Crippen LogP contribution in [0.4, 0.5) is 0 Å². The highest BCUT2D eigenvalue weighted by atomic mass is 35.5. The Balaban J connectivity index is 2.38. The molecule has 18 heavy (non-hydrogen) atoms. The second-order valence-electron chi connectivity index (χ2n) is 4.36. The van der Waals surface area contributed by atoms with Crippen molar-refractivity contribution in [1.29, 1.82) is 0 Å². The summed E-state index contributed by atoms with van der Waals surface area (Å²) in [6.45, 7) is 0.840. The molecule has 1 heterocycles. The third-order valence-electron chi connectivity index (χ3n) is 3.13. The number of halogens is 1. The van der Waals surface area contributed by atoms with Gasteiger partial charge in [0.2, 0.25) is 0 Å². The monoisotopic (exact) mass is 263 g/mol. The SMILES string of the molecule is CN(CCCl)C(c1ccccc1)c1ccnn1C. The van der Waals surface area contributed by atoms with Crippen LogP contribution in [0.5, 0.6) is 0 Å². The summed E-state index contributed by atoms with van der Waals surface area (Å²) in [6.07, 6.45) is 1.83. The van der Waals surface area contributed by atoms with Gasteiger partial charge in [-0.1, -0.05) is 30.3 Å². The number of aromatic nitrogens is 2. The van der Waals surface area contributed by atoms with Crippen LogP contribution in [-0.4, -0.2) is 34.2 Å². The fraction of sp³-hybridized carbons (Fsp3) is 0.357. The van der Waals surface area contributed by atoms with Gasteiger partial charge in [0.05, 0.1) is 11.7 Å². The molecule has 2 rings (SSSR count). The lowest BCUT2D eigenvalue weighted by Crippen LogP contribution is -2.29. The summed E-state index contributed by atoms with van der Waals surface area (Å²) in [7, 11) is 4.06. The molecule has 0 spiro atoms. The lowest BCUT2D eigenvalue weighted by molar-refractivity contribution is 0.285. The number of hydrogen-bond donors (Lipinski definition) is 0. The van der Waals surface area contributed by atoms with Crippen molar-refractivity contribution in [3.63, 3.8) is 0 Å². The first kappa shape index (κ1) is 13.1. The largest absolute Gasteiger partial charge is 0.293 e. The predicted octanol–water partition coefficient (Wildman–Crippen LogP) is 2.68. The van der Waals surface area contributed by atoms with Crippen molar-refractivity contribution in [2.75, 3.05) is 19.5 Å². The van der Waals surface area contributed by atoms with Gasteiger partial charge in [-0.15, -0.1) is 11.6 Å². The minimum absolute atomic E-state index is 0.192. The molecule has 0 saturated carbocycles. The van der Waals surface area contributed by atoms with Crippen LogP contribution in [0, 0.1) is 0 Å². The van der Waals surface area contributed by atoms with E-state index in [0.717, 1.165) is 6.54 Å². The first-order chi connectivity index (χ1) is 8.74. The van der Waals surface area contributed by atoms with Gasteiger partial charge in [0.15, 0.2) is 0 Å². The molecule has 3 nitrogen and oxygen atoms in total. The predicted molar refractivity (Wildman–Crippen MR) is 74.8 cm³/mol. The summed E-state index contributed by atoms with van der Waals surface area (Å²) in [5, 5.41) is 4.26. The van der Waals surface area contributed by atoms with Gasteiger partial charge < -0.3 is 0 Å². The van der Waals surface area contributed by atoms with Crippen molar-refractivity contribution >= 4 is 11.6 Å². The van der Waals surface area contributed by atoms with Gasteiger partial charge in [-0.05, 0) is 18.7 Å². The molecule has 0 saturated heterocycles. The van der Waals surface area contributed by atoms with Gasteiger partial charge in [-0.2, -0.15) is 5.10 Å². The van der Waals surface area contributed by atoms with Crippen molar-refractivity contribution in [3.8, 4) is 0 Å². The lowest BCUT2D eigenvalue weighted by atomic mass is 10.0. The van der Waals surface area contributed by atoms with Crippen LogP contribution in [0.25, 0.3) is 0 Å². The number of benzene rings is 1. The maximum Gasteiger partial charge on any atom is 0.0771 e. The fourth-order valence-electron chi connectivity index (χ4n) is 2.20. The second-order valence-corrected chi connectivity index (χ2v) is 4.74. The Morgan fingerprint density at radius 1 is 1.28 bits per heavy atom. The molecule has 1 unspecified atom stereocenters. The minimum Gasteiger partial charge on any atom is -0.293 e. The molecule has 2 aromatic rings. The van der Waals surface area contributed by atoms with E-state index in [-0.39, 0.29) is 6.04 Å². The van der Waals surface area contributed by atoms with Crippen LogP contribution in [-0.2, 0) is 7.05 Å². The summed E-state index contributed by atoms with van der Waals surface area (Å²) in [5.41, 5.74) is 2.43. The molecule has 0 amide bonds. The summed E-state index contributed by atoms with van der Waals surface area (Å²) in [5.74, 6) is 0.623. The van der Waals surface area contributed by atoms with E-state index in [1.54, 1.807) is 0 Å². The Kier molecular flexibility index (Phi) is 4.39. The summed E-state index contributed by atoms with van der Waals surface area (Å²) in [4.78, 5) is 2.25. The average Bonchev–Trinajstić information content (AvgIpc) is 2.78. The molecule has 0 aliphatic heterocycles. The van der Waals surface area contributed by atoms with E-state index in [1.165, 1.54) is 11.3 Å². The topological polar surface area (TPSA) is 21.1 Å². The molecular weight excluding hydrogens is 246 g/mol. The number of nitrogens with zero attached hydrogens (tertiary/aromatic N) is 3. The number of aryl methyl sites for hydroxylation is 1. The number of hydrogen-bond acceptors (Lipinski definition) is 2. The highest BCUT2D eigenvalue weighted by molar-refractivity contribution is 6.18. The van der Waals surface area contributed by atoms with Crippen molar-refractivity contribution in [3.05, 3.63) is 53.9 Å². The van der Waals surface area contributed by atoms with Gasteiger partial charge >= 0.3 is 0 Å². The highest BCUT2D eigenvalue weighted by Crippen LogP contribution is 2.26. The lowest BCUT2D eigenvalue weighted by Gasteiger charge is -2.28. The molecule has 0 aliphatic rings. The maximum absolute atomic E-state index is 5.87. The van der Waals surface area contributed by atoms with Gasteiger partial charge in [0, 0.05) is 25.7 Å². The van der Waals surface area contributed by atoms with Crippen molar-refractivity contribution in [2.24, 2.45) is 7.05 Å². The van der Waals surface area contributed by atoms with Gasteiger partial charge in [-0.3, -0.25) is 9.58 Å². The highest BCUT2D eigenvalue weighted by Gasteiger charge is 2.21. The van der Waals surface area contributed by atoms with Crippen LogP contribution < -0.4 is 0 Å². The fourth-order valence-corrected chi connectivity index (χ4v) is 2.47. The molecule has 1 aromatic heterocycles. The molecule has 1 atom stereocenters. The summed E-state index contributed by atoms with van der Waals surface area (Å²) >= 11 is 5.87. The zero-order valence-corrected chi connectivity index (χ0v) is 11.5. The Hall–Kier alpha value is -1.32. The second kappa shape index (κ2) is 6.03. The summed E-state index contributed by atoms with van der Waals surface area (Å²) in [6, 6.07) is 12.7. The van der Waals surface area contributed by atoms with Gasteiger partial charge in [0.25, 0.3) is 0 Å². The first-order valence-corrected chi connectivity index (χ1v) is 6.56. The molecule has 0 aliphatic carbocycles. The van der Waals surface area contributed by atoms with Crippen LogP contribution in [0.1, 0.15) is 17.3 Å². The van der Waals surface area contributed by atoms with Crippen LogP contribution in [0.15, 0.2) is 42.6 Å². The van der Waals surface area contributed by atoms with Crippen molar-refractivity contribution < 1.29 is 0 Å². The van der Waals surface area contributed by atoms with E-state index < -0.39 is 0 Å². The maximum atomic E-state index is 5.87. The van der Waals surface area contributed by atoms with Crippen LogP contribution >= 0.6 is 11.6 Å². The zero-order chi connectivity index (χ0) is 13.0. The first-order valence-electron chi connectivity index (χ1n) is 6.03. The molecule has 0 bridgehead atoms. The molecule has 4 heteroatoms. The molecule has 0 N–H and O–H groups in total. The van der Waals surface area contributed by atoms with E-state index in [1.807, 2.05) is 24.0 Å². The molecule has 1 aromatic carbocycles. The Bertz CT molecular complexity index is 481. The van der Waals surface area contributed by atoms with Crippen LogP contribution in [0.2, 0.25) is 0 Å². The van der Waals surface area contributed by atoms with E-state index in [0.29, 0.717) is 5.88 Å². The third kappa shape index (κ3) is 2.74. The average molecular weight is 264 g/mol. The van der Waals surface area contributed by atoms with Crippen molar-refractivity contribution in [1.82, 2.24) is 14.7 Å². The normalized spacial score (nSPS) is 12.9. The van der Waals surface area contributed by atoms with E-state index in [2.05, 4.69) is 47.4 Å². The summed E-state index contributed by atoms with van der Waals surface area (Å²) < 4.78 is 1.92. The van der Waals surface area contributed by atoms with E-state index in [4.69, 9.17) is 11.6 Å². The number of alkyl halides is 1. The standard InChI is InChI=1S/C14H18ClN3/c1-17(11-9-15)14(12-6-4-3-5-7-12)13-8-10-16-18(13)2/h3-8,10,14H,9,11H2,1-2H3. The Labute approximate surface area is 113 Å². The van der Waals surface area contributed by atoms with Gasteiger partial charge in [-0.25, -0.2) is 0 Å². The molecule has 0 fully saturated rings. The minimum atomic E-state index is 0.192. The smallest absolute Gasteiger partial charge is 0.0771 e.